The third-order valence-electron chi connectivity index (χ3n) is 0. The highest BCUT2D eigenvalue weighted by Gasteiger charge is 2.41. The van der Waals surface area contributed by atoms with Crippen molar-refractivity contribution < 1.29 is 19.7 Å². The van der Waals surface area contributed by atoms with Crippen LogP contribution in [0.3, 0.4) is 0 Å². The van der Waals surface area contributed by atoms with Gasteiger partial charge in [-0.2, -0.15) is 0 Å². The molecule has 0 aliphatic heterocycles. The summed E-state index contributed by atoms with van der Waals surface area (Å²) in [5.74, 6) is 0. The van der Waals surface area contributed by atoms with Gasteiger partial charge in [-0.25, -0.2) is 0 Å². The Morgan fingerprint density at radius 3 is 1.33 bits per heavy atom. The summed E-state index contributed by atoms with van der Waals surface area (Å²) >= 11 is -6.83. The van der Waals surface area contributed by atoms with Gasteiger partial charge in [0, 0.05) is 0 Å². The molecule has 0 aromatic rings. The maximum absolute atomic E-state index is 9.85. The first-order chi connectivity index (χ1) is 4.00. The van der Waals surface area contributed by atoms with Crippen LogP contribution in [0.1, 0.15) is 0 Å². The first kappa shape index (κ1) is 2.50. The van der Waals surface area contributed by atoms with E-state index in [1.165, 1.54) is 0 Å². The summed E-state index contributed by atoms with van der Waals surface area (Å²) in [4.78, 5) is 0. The summed E-state index contributed by atoms with van der Waals surface area (Å²) in [5, 5.41) is 0. The maximum atomic E-state index is 9.85. The van der Waals surface area contributed by atoms with E-state index in [1.807, 2.05) is 0 Å². The second-order valence-corrected chi connectivity index (χ2v) is 1.48. The minimum atomic E-state index is -6.83. The summed E-state index contributed by atoms with van der Waals surface area (Å²) in [6.45, 7) is 0. The molecule has 0 aliphatic carbocycles. The lowest BCUT2D eigenvalue weighted by molar-refractivity contribution is 0.368. The summed E-state index contributed by atoms with van der Waals surface area (Å²) in [6.07, 6.45) is -2.00. The predicted molar refractivity (Wildman–Crippen MR) is 16.2 cm³/mol. The molecule has 0 spiro atoms. The predicted octanol–water partition coefficient (Wildman–Crippen LogP) is 1.68. The standard InChI is InChI=1S/Al.4FH.H3N/h;4*1H;1H3/q+3;;;;;/p-3/i/hD4. The molecule has 0 rings (SSSR count). The van der Waals surface area contributed by atoms with Crippen LogP contribution in [-0.4, -0.2) is 14.9 Å². The van der Waals surface area contributed by atoms with E-state index in [4.69, 9.17) is 5.65 Å². The summed E-state index contributed by atoms with van der Waals surface area (Å²) in [5.41, 5.74) is 0. The molecule has 0 unspecified atom stereocenters. The Labute approximate surface area is 42.0 Å². The summed E-state index contributed by atoms with van der Waals surface area (Å²) in [6, 6.07) is 0. The highest BCUT2D eigenvalue weighted by Crippen LogP contribution is 2.06. The molecule has 0 saturated carbocycles. The molecule has 0 aromatic heterocycles. The van der Waals surface area contributed by atoms with Crippen LogP contribution in [0.2, 0.25) is 5.65 Å². The van der Waals surface area contributed by atoms with E-state index in [2.05, 4.69) is 0 Å². The molecule has 0 heterocycles. The van der Waals surface area contributed by atoms with Crippen molar-refractivity contribution in [1.82, 2.24) is 6.12 Å². The minimum Gasteiger partial charge on any atom is -0.510 e. The van der Waals surface area contributed by atoms with E-state index in [-0.39, 0.29) is 0 Å². The van der Waals surface area contributed by atoms with E-state index >= 15 is 0 Å². The van der Waals surface area contributed by atoms with Gasteiger partial charge in [0.25, 0.3) is 0 Å². The normalized spacial score (nSPS) is 20.7. The van der Waals surface area contributed by atoms with Crippen molar-refractivity contribution in [2.75, 3.05) is 0 Å². The van der Waals surface area contributed by atoms with Gasteiger partial charge in [-0.15, -0.1) is 0 Å². The molecule has 0 amide bonds. The van der Waals surface area contributed by atoms with Gasteiger partial charge in [-0.3, -0.25) is 0 Å². The van der Waals surface area contributed by atoms with Crippen molar-refractivity contribution >= 4 is 14.9 Å². The number of hydrogen-bond donors (Lipinski definition) is 1. The fourth-order valence-corrected chi connectivity index (χ4v) is 0. The zero-order valence-corrected chi connectivity index (χ0v) is 3.69. The zero-order chi connectivity index (χ0) is 9.00. The number of rotatable bonds is 0. The second kappa shape index (κ2) is 2.40. The largest absolute Gasteiger partial charge is 1.04 e. The lowest BCUT2D eigenvalue weighted by Gasteiger charge is -1.88. The number of hydrogen-bond acceptors (Lipinski definition) is 0. The fourth-order valence-electron chi connectivity index (χ4n) is 0. The summed E-state index contributed by atoms with van der Waals surface area (Å²) < 4.78 is 62.9. The van der Waals surface area contributed by atoms with Crippen molar-refractivity contribution in [3.8, 4) is 0 Å². The SMILES string of the molecule is [2H][N+]([2H])([2H])[2H].[F][Al-]([F])([F])[F]. The highest BCUT2D eigenvalue weighted by molar-refractivity contribution is 6.50. The van der Waals surface area contributed by atoms with E-state index in [0.717, 1.165) is 0 Å². The van der Waals surface area contributed by atoms with Crippen LogP contribution >= 0.6 is 0 Å². The van der Waals surface area contributed by atoms with Crippen LogP contribution in [0, 0.1) is 0 Å². The lowest BCUT2D eigenvalue weighted by Crippen LogP contribution is -2.02. The van der Waals surface area contributed by atoms with Crippen molar-refractivity contribution in [3.63, 3.8) is 0 Å². The second-order valence-electron chi connectivity index (χ2n) is 0.495. The Morgan fingerprint density at radius 1 is 1.33 bits per heavy atom. The van der Waals surface area contributed by atoms with Gasteiger partial charge in [-0.1, -0.05) is 0 Å². The lowest BCUT2D eigenvalue weighted by atomic mass is 14.0. The molecule has 0 aromatic carbocycles. The molecule has 0 fully saturated rings. The molecule has 40 valence electrons. The van der Waals surface area contributed by atoms with E-state index in [0.29, 0.717) is 0 Å². The molecule has 0 radical (unpaired) electrons. The number of halogens is 4. The van der Waals surface area contributed by atoms with Gasteiger partial charge < -0.3 is 20.2 Å². The van der Waals surface area contributed by atoms with Crippen LogP contribution in [0.4, 0.5) is 14.1 Å². The van der Waals surface area contributed by atoms with Crippen molar-refractivity contribution in [3.05, 3.63) is 0 Å². The third-order valence-corrected chi connectivity index (χ3v) is 0. The monoisotopic (exact) mass is 125 g/mol. The van der Waals surface area contributed by atoms with Crippen LogP contribution in [0.5, 0.6) is 0 Å². The van der Waals surface area contributed by atoms with Crippen LogP contribution in [0.25, 0.3) is 0 Å². The first-order valence-electron chi connectivity index (χ1n) is 2.66. The Morgan fingerprint density at radius 2 is 1.33 bits per heavy atom. The molecule has 6 heavy (non-hydrogen) atoms. The molecule has 0 bridgehead atoms. The van der Waals surface area contributed by atoms with Gasteiger partial charge in [0.2, 0.25) is 0 Å². The topological polar surface area (TPSA) is 36.5 Å². The van der Waals surface area contributed by atoms with E-state index < -0.39 is 21.0 Å². The molecule has 1 nitrogen and oxygen atoms in total. The molecular formula is H4AlF4N. The Balaban J connectivity index is 0. The van der Waals surface area contributed by atoms with Crippen molar-refractivity contribution in [2.45, 2.75) is 0 Å². The fraction of sp³-hybridized carbons (Fsp3) is 0. The average Bonchev–Trinajstić information content (AvgIpc) is 1.12. The van der Waals surface area contributed by atoms with Crippen LogP contribution in [0.15, 0.2) is 0 Å². The molecular weight excluding hydrogens is 117 g/mol. The Hall–Kier alpha value is 0.212. The van der Waals surface area contributed by atoms with Gasteiger partial charge in [0.15, 0.2) is 0 Å². The molecule has 0 saturated heterocycles. The van der Waals surface area contributed by atoms with Gasteiger partial charge >= 0.3 is 20.6 Å². The van der Waals surface area contributed by atoms with E-state index in [1.54, 1.807) is 0 Å². The zero-order valence-electron chi connectivity index (χ0n) is 6.54. The Bertz CT molecular complexity index is 60.2. The van der Waals surface area contributed by atoms with Crippen molar-refractivity contribution in [1.29, 1.82) is 0 Å². The highest BCUT2D eigenvalue weighted by atomic mass is 27.5. The molecule has 0 atom stereocenters. The Kier molecular flexibility index (Phi) is 1.000. The maximum Gasteiger partial charge on any atom is 1.04 e. The van der Waals surface area contributed by atoms with Gasteiger partial charge in [0.1, 0.15) is 0 Å². The van der Waals surface area contributed by atoms with Crippen LogP contribution < -0.4 is 6.12 Å². The third kappa shape index (κ3) is 963. The first-order valence-corrected chi connectivity index (χ1v) is 2.62. The smallest absolute Gasteiger partial charge is 0.510 e. The minimum absolute atomic E-state index is 2.00. The quantitative estimate of drug-likeness (QED) is 0.377. The van der Waals surface area contributed by atoms with Gasteiger partial charge in [-0.05, 0) is 0 Å². The number of quaternary nitrogens is 1. The molecule has 6 heteroatoms. The van der Waals surface area contributed by atoms with Crippen molar-refractivity contribution in [2.24, 2.45) is 0 Å². The molecule has 0 aliphatic rings. The van der Waals surface area contributed by atoms with E-state index in [9.17, 15) is 14.1 Å². The van der Waals surface area contributed by atoms with Crippen LogP contribution in [-0.2, 0) is 0 Å². The van der Waals surface area contributed by atoms with Gasteiger partial charge in [0.05, 0.1) is 0 Å². The summed E-state index contributed by atoms with van der Waals surface area (Å²) in [7, 11) is 0. The average molecular weight is 125 g/mol. The molecule has 4 N–H and O–H groups in total.